The minimum Gasteiger partial charge on any atom is -0.478 e. The van der Waals surface area contributed by atoms with E-state index in [2.05, 4.69) is 5.32 Å². The highest BCUT2D eigenvalue weighted by atomic mass is 16.5. The van der Waals surface area contributed by atoms with Crippen LogP contribution in [0.5, 0.6) is 0 Å². The van der Waals surface area contributed by atoms with E-state index in [4.69, 9.17) is 4.74 Å². The predicted octanol–water partition coefficient (Wildman–Crippen LogP) is 2.45. The zero-order valence-corrected chi connectivity index (χ0v) is 11.7. The Morgan fingerprint density at radius 3 is 2.85 bits per heavy atom. The van der Waals surface area contributed by atoms with Gasteiger partial charge in [-0.1, -0.05) is 19.1 Å². The van der Waals surface area contributed by atoms with Crippen molar-refractivity contribution in [3.63, 3.8) is 0 Å². The maximum absolute atomic E-state index is 12.3. The molecule has 2 atom stereocenters. The van der Waals surface area contributed by atoms with E-state index in [-0.39, 0.29) is 23.5 Å². The number of carbonyl (C=O) groups is 2. The molecular formula is C15H19NO4. The maximum Gasteiger partial charge on any atom is 0.337 e. The normalized spacial score (nSPS) is 21.7. The standard InChI is InChI=1S/C15H19NO4/c1-3-12-10(7-8-20-12)14(17)16-13-9(2)5-4-6-11(13)15(18)19/h4-6,10,12H,3,7-8H2,1-2H3,(H,16,17)(H,18,19). The van der Waals surface area contributed by atoms with Crippen LogP contribution < -0.4 is 5.32 Å². The monoisotopic (exact) mass is 277 g/mol. The molecule has 0 aliphatic carbocycles. The van der Waals surface area contributed by atoms with Crippen molar-refractivity contribution in [3.05, 3.63) is 29.3 Å². The van der Waals surface area contributed by atoms with Crippen molar-refractivity contribution in [3.8, 4) is 0 Å². The third kappa shape index (κ3) is 2.82. The third-order valence-corrected chi connectivity index (χ3v) is 3.70. The molecule has 5 heteroatoms. The molecule has 1 aromatic rings. The highest BCUT2D eigenvalue weighted by Crippen LogP contribution is 2.27. The minimum atomic E-state index is -1.04. The van der Waals surface area contributed by atoms with Crippen molar-refractivity contribution >= 4 is 17.6 Å². The zero-order valence-electron chi connectivity index (χ0n) is 11.7. The first kappa shape index (κ1) is 14.5. The van der Waals surface area contributed by atoms with Crippen molar-refractivity contribution in [1.82, 2.24) is 0 Å². The van der Waals surface area contributed by atoms with Gasteiger partial charge in [0.05, 0.1) is 23.3 Å². The lowest BCUT2D eigenvalue weighted by atomic mass is 9.98. The Morgan fingerprint density at radius 2 is 2.20 bits per heavy atom. The molecule has 0 saturated carbocycles. The summed E-state index contributed by atoms with van der Waals surface area (Å²) in [5.41, 5.74) is 1.24. The summed E-state index contributed by atoms with van der Waals surface area (Å²) in [5.74, 6) is -1.41. The number of aromatic carboxylic acids is 1. The number of hydrogen-bond donors (Lipinski definition) is 2. The van der Waals surface area contributed by atoms with Gasteiger partial charge in [0.25, 0.3) is 0 Å². The molecule has 1 aromatic carbocycles. The predicted molar refractivity (Wildman–Crippen MR) is 74.9 cm³/mol. The zero-order chi connectivity index (χ0) is 14.7. The summed E-state index contributed by atoms with van der Waals surface area (Å²) >= 11 is 0. The van der Waals surface area contributed by atoms with Gasteiger partial charge in [-0.05, 0) is 31.4 Å². The van der Waals surface area contributed by atoms with Crippen LogP contribution in [0.1, 0.15) is 35.7 Å². The first-order valence-corrected chi connectivity index (χ1v) is 6.80. The Balaban J connectivity index is 2.21. The molecule has 0 radical (unpaired) electrons. The van der Waals surface area contributed by atoms with Gasteiger partial charge >= 0.3 is 5.97 Å². The number of hydrogen-bond acceptors (Lipinski definition) is 3. The van der Waals surface area contributed by atoms with Crippen molar-refractivity contribution in [2.24, 2.45) is 5.92 Å². The number of carboxylic acid groups (broad SMARTS) is 1. The van der Waals surface area contributed by atoms with E-state index in [1.54, 1.807) is 19.1 Å². The van der Waals surface area contributed by atoms with Crippen LogP contribution >= 0.6 is 0 Å². The minimum absolute atomic E-state index is 0.0766. The van der Waals surface area contributed by atoms with Crippen LogP contribution in [-0.4, -0.2) is 29.7 Å². The molecule has 0 bridgehead atoms. The van der Waals surface area contributed by atoms with Crippen LogP contribution in [0.25, 0.3) is 0 Å². The van der Waals surface area contributed by atoms with Gasteiger partial charge in [0.1, 0.15) is 0 Å². The second-order valence-electron chi connectivity index (χ2n) is 5.00. The van der Waals surface area contributed by atoms with Gasteiger partial charge in [0.2, 0.25) is 5.91 Å². The lowest BCUT2D eigenvalue weighted by molar-refractivity contribution is -0.121. The molecule has 0 aromatic heterocycles. The summed E-state index contributed by atoms with van der Waals surface area (Å²) in [5, 5.41) is 12.0. The van der Waals surface area contributed by atoms with Gasteiger partial charge in [-0.25, -0.2) is 4.79 Å². The van der Waals surface area contributed by atoms with Crippen LogP contribution in [0, 0.1) is 12.8 Å². The van der Waals surface area contributed by atoms with E-state index >= 15 is 0 Å². The van der Waals surface area contributed by atoms with E-state index < -0.39 is 5.97 Å². The lowest BCUT2D eigenvalue weighted by Crippen LogP contribution is -2.30. The van der Waals surface area contributed by atoms with E-state index in [9.17, 15) is 14.7 Å². The first-order chi connectivity index (χ1) is 9.54. The van der Waals surface area contributed by atoms with Gasteiger partial charge < -0.3 is 15.2 Å². The van der Waals surface area contributed by atoms with Crippen LogP contribution in [-0.2, 0) is 9.53 Å². The number of ether oxygens (including phenoxy) is 1. The van der Waals surface area contributed by atoms with Gasteiger partial charge in [0, 0.05) is 6.61 Å². The van der Waals surface area contributed by atoms with Crippen molar-refractivity contribution in [1.29, 1.82) is 0 Å². The van der Waals surface area contributed by atoms with Gasteiger partial charge in [-0.15, -0.1) is 0 Å². The Bertz CT molecular complexity index is 527. The lowest BCUT2D eigenvalue weighted by Gasteiger charge is -2.18. The summed E-state index contributed by atoms with van der Waals surface area (Å²) in [6.45, 7) is 4.34. The second-order valence-corrected chi connectivity index (χ2v) is 5.00. The largest absolute Gasteiger partial charge is 0.478 e. The molecule has 1 aliphatic rings. The number of anilines is 1. The number of benzene rings is 1. The highest BCUT2D eigenvalue weighted by Gasteiger charge is 2.33. The Kier molecular flexibility index (Phi) is 4.39. The smallest absolute Gasteiger partial charge is 0.337 e. The van der Waals surface area contributed by atoms with Crippen molar-refractivity contribution in [2.75, 3.05) is 11.9 Å². The fourth-order valence-electron chi connectivity index (χ4n) is 2.58. The number of para-hydroxylation sites is 1. The quantitative estimate of drug-likeness (QED) is 0.886. The molecule has 1 saturated heterocycles. The van der Waals surface area contributed by atoms with Gasteiger partial charge in [0.15, 0.2) is 0 Å². The van der Waals surface area contributed by atoms with E-state index in [1.165, 1.54) is 6.07 Å². The number of carbonyl (C=O) groups excluding carboxylic acids is 1. The average molecular weight is 277 g/mol. The van der Waals surface area contributed by atoms with Gasteiger partial charge in [-0.2, -0.15) is 0 Å². The molecule has 2 N–H and O–H groups in total. The third-order valence-electron chi connectivity index (χ3n) is 3.70. The average Bonchev–Trinajstić information content (AvgIpc) is 2.89. The van der Waals surface area contributed by atoms with E-state index in [1.807, 2.05) is 6.92 Å². The maximum atomic E-state index is 12.3. The first-order valence-electron chi connectivity index (χ1n) is 6.80. The van der Waals surface area contributed by atoms with E-state index in [0.29, 0.717) is 18.7 Å². The van der Waals surface area contributed by atoms with Crippen LogP contribution in [0.4, 0.5) is 5.69 Å². The molecule has 1 amide bonds. The van der Waals surface area contributed by atoms with Crippen LogP contribution in [0.3, 0.4) is 0 Å². The van der Waals surface area contributed by atoms with Crippen molar-refractivity contribution < 1.29 is 19.4 Å². The summed E-state index contributed by atoms with van der Waals surface area (Å²) in [7, 11) is 0. The number of aryl methyl sites for hydroxylation is 1. The molecule has 2 rings (SSSR count). The number of rotatable bonds is 4. The van der Waals surface area contributed by atoms with Crippen LogP contribution in [0.15, 0.2) is 18.2 Å². The summed E-state index contributed by atoms with van der Waals surface area (Å²) in [6, 6.07) is 4.94. The Labute approximate surface area is 117 Å². The molecule has 0 spiro atoms. The number of nitrogens with one attached hydrogen (secondary N) is 1. The fraction of sp³-hybridized carbons (Fsp3) is 0.467. The molecule has 2 unspecified atom stereocenters. The SMILES string of the molecule is CCC1OCCC1C(=O)Nc1c(C)cccc1C(=O)O. The van der Waals surface area contributed by atoms with Crippen LogP contribution in [0.2, 0.25) is 0 Å². The molecule has 5 nitrogen and oxygen atoms in total. The summed E-state index contributed by atoms with van der Waals surface area (Å²) in [6.07, 6.45) is 1.38. The Morgan fingerprint density at radius 1 is 1.45 bits per heavy atom. The van der Waals surface area contributed by atoms with Gasteiger partial charge in [-0.3, -0.25) is 4.79 Å². The Hall–Kier alpha value is -1.88. The fourth-order valence-corrected chi connectivity index (χ4v) is 2.58. The topological polar surface area (TPSA) is 75.6 Å². The van der Waals surface area contributed by atoms with E-state index in [0.717, 1.165) is 12.0 Å². The molecule has 1 heterocycles. The number of amides is 1. The number of carboxylic acids is 1. The summed E-state index contributed by atoms with van der Waals surface area (Å²) in [4.78, 5) is 23.5. The molecular weight excluding hydrogens is 258 g/mol. The second kappa shape index (κ2) is 6.05. The highest BCUT2D eigenvalue weighted by molar-refractivity contribution is 6.02. The molecule has 1 aliphatic heterocycles. The molecule has 20 heavy (non-hydrogen) atoms. The molecule has 1 fully saturated rings. The summed E-state index contributed by atoms with van der Waals surface area (Å²) < 4.78 is 5.50. The van der Waals surface area contributed by atoms with Crippen molar-refractivity contribution in [2.45, 2.75) is 32.8 Å². The molecule has 108 valence electrons.